The molecule has 2 fully saturated rings. The van der Waals surface area contributed by atoms with E-state index in [1.807, 2.05) is 0 Å². The molecule has 0 aromatic heterocycles. The maximum atomic E-state index is 14.1. The molecule has 3 rings (SSSR count). The Hall–Kier alpha value is -2.02. The average Bonchev–Trinajstić information content (AvgIpc) is 2.52. The van der Waals surface area contributed by atoms with E-state index in [1.54, 1.807) is 0 Å². The van der Waals surface area contributed by atoms with Gasteiger partial charge in [-0.05, 0) is 25.0 Å². The maximum Gasteiger partial charge on any atom is 0.246 e. The van der Waals surface area contributed by atoms with Gasteiger partial charge in [-0.2, -0.15) is 0 Å². The summed E-state index contributed by atoms with van der Waals surface area (Å²) in [5.74, 6) is -2.06. The van der Waals surface area contributed by atoms with Gasteiger partial charge in [0.25, 0.3) is 0 Å². The van der Waals surface area contributed by atoms with Crippen LogP contribution >= 0.6 is 0 Å². The van der Waals surface area contributed by atoms with Gasteiger partial charge in [0, 0.05) is 18.5 Å². The molecule has 2 aliphatic rings. The Kier molecular flexibility index (Phi) is 4.06. The van der Waals surface area contributed by atoms with Crippen molar-refractivity contribution in [2.45, 2.75) is 38.5 Å². The van der Waals surface area contributed by atoms with E-state index >= 15 is 0 Å². The summed E-state index contributed by atoms with van der Waals surface area (Å²) in [6.07, 6.45) is -0.0309. The van der Waals surface area contributed by atoms with Crippen LogP contribution in [0, 0.1) is 18.6 Å². The third-order valence-corrected chi connectivity index (χ3v) is 4.55. The first-order chi connectivity index (χ1) is 10.9. The van der Waals surface area contributed by atoms with E-state index in [0.29, 0.717) is 13.0 Å². The van der Waals surface area contributed by atoms with Gasteiger partial charge in [0.2, 0.25) is 11.8 Å². The van der Waals surface area contributed by atoms with Gasteiger partial charge in [-0.1, -0.05) is 6.07 Å². The van der Waals surface area contributed by atoms with E-state index in [9.17, 15) is 23.5 Å². The third-order valence-electron chi connectivity index (χ3n) is 4.55. The summed E-state index contributed by atoms with van der Waals surface area (Å²) in [4.78, 5) is 27.3. The fourth-order valence-corrected chi connectivity index (χ4v) is 3.21. The van der Waals surface area contributed by atoms with Crippen LogP contribution in [0.2, 0.25) is 0 Å². The Bertz CT molecular complexity index is 665. The van der Waals surface area contributed by atoms with Crippen LogP contribution in [0.15, 0.2) is 12.1 Å². The second kappa shape index (κ2) is 5.88. The number of piperazine rings is 1. The zero-order valence-corrected chi connectivity index (χ0v) is 12.8. The summed E-state index contributed by atoms with van der Waals surface area (Å²) in [6.45, 7) is 1.36. The first kappa shape index (κ1) is 15.9. The molecular formula is C16H18F2N2O3. The van der Waals surface area contributed by atoms with E-state index in [0.717, 1.165) is 6.07 Å². The number of hydrogen-bond acceptors (Lipinski definition) is 3. The zero-order chi connectivity index (χ0) is 16.7. The van der Waals surface area contributed by atoms with E-state index < -0.39 is 23.8 Å². The SMILES string of the molecule is Cc1ccc(F)c(CN2CC(=O)N3CC[C@@H](O)C[C@H]3C2=O)c1F. The molecular weight excluding hydrogens is 306 g/mol. The molecule has 1 aromatic rings. The lowest BCUT2D eigenvalue weighted by atomic mass is 9.95. The summed E-state index contributed by atoms with van der Waals surface area (Å²) in [5.41, 5.74) is 0.0721. The summed E-state index contributed by atoms with van der Waals surface area (Å²) in [5, 5.41) is 9.72. The Labute approximate surface area is 132 Å². The van der Waals surface area contributed by atoms with E-state index in [2.05, 4.69) is 0 Å². The summed E-state index contributed by atoms with van der Waals surface area (Å²) in [6, 6.07) is 1.74. The van der Waals surface area contributed by atoms with Crippen molar-refractivity contribution in [2.75, 3.05) is 13.1 Å². The van der Waals surface area contributed by atoms with Crippen LogP contribution in [0.3, 0.4) is 0 Å². The number of aliphatic hydroxyl groups is 1. The Balaban J connectivity index is 1.85. The molecule has 7 heteroatoms. The highest BCUT2D eigenvalue weighted by Crippen LogP contribution is 2.26. The quantitative estimate of drug-likeness (QED) is 0.882. The molecule has 0 saturated carbocycles. The van der Waals surface area contributed by atoms with Gasteiger partial charge in [0.15, 0.2) is 0 Å². The minimum Gasteiger partial charge on any atom is -0.393 e. The Morgan fingerprint density at radius 2 is 2.04 bits per heavy atom. The number of benzene rings is 1. The van der Waals surface area contributed by atoms with Crippen molar-refractivity contribution >= 4 is 11.8 Å². The first-order valence-corrected chi connectivity index (χ1v) is 7.58. The predicted molar refractivity (Wildman–Crippen MR) is 77.3 cm³/mol. The Morgan fingerprint density at radius 1 is 1.30 bits per heavy atom. The number of hydrogen-bond donors (Lipinski definition) is 1. The van der Waals surface area contributed by atoms with Crippen molar-refractivity contribution in [1.29, 1.82) is 0 Å². The van der Waals surface area contributed by atoms with Crippen LogP contribution in [-0.2, 0) is 16.1 Å². The molecule has 1 N–H and O–H groups in total. The van der Waals surface area contributed by atoms with Crippen LogP contribution in [-0.4, -0.2) is 52.0 Å². The summed E-state index contributed by atoms with van der Waals surface area (Å²) >= 11 is 0. The number of aryl methyl sites for hydroxylation is 1. The van der Waals surface area contributed by atoms with E-state index in [4.69, 9.17) is 0 Å². The minimum absolute atomic E-state index is 0.167. The van der Waals surface area contributed by atoms with Crippen LogP contribution in [0.25, 0.3) is 0 Å². The van der Waals surface area contributed by atoms with Crippen LogP contribution in [0.4, 0.5) is 8.78 Å². The second-order valence-electron chi connectivity index (χ2n) is 6.13. The first-order valence-electron chi connectivity index (χ1n) is 7.58. The highest BCUT2D eigenvalue weighted by atomic mass is 19.1. The summed E-state index contributed by atoms with van der Waals surface area (Å²) in [7, 11) is 0. The molecule has 2 heterocycles. The molecule has 1 aromatic carbocycles. The van der Waals surface area contributed by atoms with Gasteiger partial charge in [0.05, 0.1) is 12.6 Å². The molecule has 23 heavy (non-hydrogen) atoms. The molecule has 0 unspecified atom stereocenters. The number of rotatable bonds is 2. The molecule has 0 spiro atoms. The number of piperidine rings is 1. The smallest absolute Gasteiger partial charge is 0.246 e. The normalized spacial score (nSPS) is 24.9. The highest BCUT2D eigenvalue weighted by molar-refractivity contribution is 5.95. The van der Waals surface area contributed by atoms with Crippen molar-refractivity contribution in [3.05, 3.63) is 34.9 Å². The average molecular weight is 324 g/mol. The molecule has 124 valence electrons. The molecule has 0 aliphatic carbocycles. The Morgan fingerprint density at radius 3 is 2.78 bits per heavy atom. The predicted octanol–water partition coefficient (Wildman–Crippen LogP) is 0.967. The zero-order valence-electron chi connectivity index (χ0n) is 12.8. The van der Waals surface area contributed by atoms with Crippen molar-refractivity contribution in [3.8, 4) is 0 Å². The number of nitrogens with zero attached hydrogens (tertiary/aromatic N) is 2. The topological polar surface area (TPSA) is 60.9 Å². The number of carbonyl (C=O) groups excluding carboxylic acids is 2. The number of amides is 2. The van der Waals surface area contributed by atoms with Gasteiger partial charge in [-0.3, -0.25) is 9.59 Å². The van der Waals surface area contributed by atoms with Crippen molar-refractivity contribution in [2.24, 2.45) is 0 Å². The number of fused-ring (bicyclic) bond motifs is 1. The largest absolute Gasteiger partial charge is 0.393 e. The second-order valence-corrected chi connectivity index (χ2v) is 6.13. The van der Waals surface area contributed by atoms with Gasteiger partial charge < -0.3 is 14.9 Å². The lowest BCUT2D eigenvalue weighted by Crippen LogP contribution is -2.62. The van der Waals surface area contributed by atoms with Gasteiger partial charge >= 0.3 is 0 Å². The van der Waals surface area contributed by atoms with E-state index in [1.165, 1.54) is 22.8 Å². The van der Waals surface area contributed by atoms with Gasteiger partial charge in [0.1, 0.15) is 24.2 Å². The summed E-state index contributed by atoms with van der Waals surface area (Å²) < 4.78 is 28.0. The molecule has 0 radical (unpaired) electrons. The van der Waals surface area contributed by atoms with Gasteiger partial charge in [-0.25, -0.2) is 8.78 Å². The van der Waals surface area contributed by atoms with Crippen LogP contribution < -0.4 is 0 Å². The van der Waals surface area contributed by atoms with Crippen molar-refractivity contribution < 1.29 is 23.5 Å². The van der Waals surface area contributed by atoms with Gasteiger partial charge in [-0.15, -0.1) is 0 Å². The lowest BCUT2D eigenvalue weighted by molar-refractivity contribution is -0.160. The number of halogens is 2. The molecule has 2 saturated heterocycles. The molecule has 2 amide bonds. The fourth-order valence-electron chi connectivity index (χ4n) is 3.21. The minimum atomic E-state index is -0.740. The molecule has 2 aliphatic heterocycles. The van der Waals surface area contributed by atoms with E-state index in [-0.39, 0.29) is 42.5 Å². The van der Waals surface area contributed by atoms with Crippen LogP contribution in [0.1, 0.15) is 24.0 Å². The molecule has 2 atom stereocenters. The van der Waals surface area contributed by atoms with Crippen molar-refractivity contribution in [1.82, 2.24) is 9.80 Å². The monoisotopic (exact) mass is 324 g/mol. The molecule has 0 bridgehead atoms. The standard InChI is InChI=1S/C16H18F2N2O3/c1-9-2-3-12(17)11(15(9)18)7-19-8-14(22)20-5-4-10(21)6-13(20)16(19)23/h2-3,10,13,21H,4-8H2,1H3/t10-,13+/m1/s1. The number of aliphatic hydroxyl groups excluding tert-OH is 1. The number of carbonyl (C=O) groups is 2. The maximum absolute atomic E-state index is 14.1. The fraction of sp³-hybridized carbons (Fsp3) is 0.500. The molecule has 5 nitrogen and oxygen atoms in total. The highest BCUT2D eigenvalue weighted by Gasteiger charge is 2.42. The third kappa shape index (κ3) is 2.81. The van der Waals surface area contributed by atoms with Crippen molar-refractivity contribution in [3.63, 3.8) is 0 Å². The lowest BCUT2D eigenvalue weighted by Gasteiger charge is -2.44. The van der Waals surface area contributed by atoms with Crippen LogP contribution in [0.5, 0.6) is 0 Å².